The van der Waals surface area contributed by atoms with Crippen molar-refractivity contribution in [3.63, 3.8) is 0 Å². The highest BCUT2D eigenvalue weighted by atomic mass is 16.5. The topological polar surface area (TPSA) is 47.3 Å². The van der Waals surface area contributed by atoms with Crippen LogP contribution in [-0.2, 0) is 13.0 Å². The Bertz CT molecular complexity index is 811. The maximum atomic E-state index is 9.12. The van der Waals surface area contributed by atoms with E-state index in [1.807, 2.05) is 24.3 Å². The van der Waals surface area contributed by atoms with Gasteiger partial charge in [-0.2, -0.15) is 0 Å². The van der Waals surface area contributed by atoms with Gasteiger partial charge >= 0.3 is 0 Å². The summed E-state index contributed by atoms with van der Waals surface area (Å²) in [4.78, 5) is 4.73. The summed E-state index contributed by atoms with van der Waals surface area (Å²) in [5.41, 5.74) is 3.39. The van der Waals surface area contributed by atoms with Gasteiger partial charge < -0.3 is 14.4 Å². The lowest BCUT2D eigenvalue weighted by molar-refractivity contribution is 0.286. The van der Waals surface area contributed by atoms with Gasteiger partial charge in [0.1, 0.15) is 11.6 Å². The van der Waals surface area contributed by atoms with Gasteiger partial charge in [-0.1, -0.05) is 30.3 Å². The molecule has 3 aromatic rings. The van der Waals surface area contributed by atoms with Crippen molar-refractivity contribution >= 4 is 11.0 Å². The molecule has 0 fully saturated rings. The fourth-order valence-corrected chi connectivity index (χ4v) is 3.08. The summed E-state index contributed by atoms with van der Waals surface area (Å²) >= 11 is 0. The molecule has 132 valence electrons. The number of aromatic nitrogens is 2. The van der Waals surface area contributed by atoms with Crippen molar-refractivity contribution < 1.29 is 9.84 Å². The van der Waals surface area contributed by atoms with Crippen LogP contribution < -0.4 is 4.74 Å². The molecule has 0 saturated heterocycles. The van der Waals surface area contributed by atoms with Crippen LogP contribution in [0.1, 0.15) is 30.7 Å². The van der Waals surface area contributed by atoms with Gasteiger partial charge in [0.05, 0.1) is 17.6 Å². The average molecular weight is 338 g/mol. The van der Waals surface area contributed by atoms with E-state index in [4.69, 9.17) is 14.8 Å². The van der Waals surface area contributed by atoms with Gasteiger partial charge in [0.15, 0.2) is 0 Å². The summed E-state index contributed by atoms with van der Waals surface area (Å²) in [5.74, 6) is 2.04. The van der Waals surface area contributed by atoms with Crippen LogP contribution in [0, 0.1) is 6.92 Å². The lowest BCUT2D eigenvalue weighted by atomic mass is 10.2. The van der Waals surface area contributed by atoms with Gasteiger partial charge in [0.25, 0.3) is 0 Å². The molecule has 2 aromatic carbocycles. The number of benzene rings is 2. The molecule has 0 unspecified atom stereocenters. The minimum Gasteiger partial charge on any atom is -0.493 e. The number of unbranched alkanes of at least 4 members (excludes halogenated alkanes) is 1. The molecule has 4 nitrogen and oxygen atoms in total. The minimum atomic E-state index is 0.202. The van der Waals surface area contributed by atoms with Gasteiger partial charge in [0, 0.05) is 19.6 Å². The van der Waals surface area contributed by atoms with Crippen LogP contribution in [0.5, 0.6) is 5.75 Å². The molecule has 0 spiro atoms. The Balaban J connectivity index is 1.58. The van der Waals surface area contributed by atoms with Crippen LogP contribution in [0.15, 0.2) is 48.5 Å². The Morgan fingerprint density at radius 3 is 2.64 bits per heavy atom. The monoisotopic (exact) mass is 338 g/mol. The van der Waals surface area contributed by atoms with E-state index in [0.29, 0.717) is 0 Å². The molecule has 1 N–H and O–H groups in total. The number of ether oxygens (including phenoxy) is 1. The van der Waals surface area contributed by atoms with E-state index in [-0.39, 0.29) is 6.61 Å². The van der Waals surface area contributed by atoms with Crippen LogP contribution in [-0.4, -0.2) is 27.9 Å². The molecule has 0 saturated carbocycles. The standard InChI is InChI=1S/C21H26N2O2/c1-17-9-2-5-12-20(17)25-16-7-6-14-23-19-11-4-3-10-18(19)22-21(23)13-8-15-24/h2-5,9-12,24H,6-8,13-16H2,1H3. The molecule has 1 aromatic heterocycles. The van der Waals surface area contributed by atoms with Crippen molar-refractivity contribution in [1.82, 2.24) is 9.55 Å². The fourth-order valence-electron chi connectivity index (χ4n) is 3.08. The number of rotatable bonds is 9. The second-order valence-corrected chi connectivity index (χ2v) is 6.32. The van der Waals surface area contributed by atoms with Gasteiger partial charge in [-0.15, -0.1) is 0 Å². The Kier molecular flexibility index (Phi) is 6.07. The van der Waals surface area contributed by atoms with E-state index < -0.39 is 0 Å². The number of fused-ring (bicyclic) bond motifs is 1. The zero-order valence-corrected chi connectivity index (χ0v) is 14.8. The van der Waals surface area contributed by atoms with E-state index in [9.17, 15) is 0 Å². The summed E-state index contributed by atoms with van der Waals surface area (Å²) < 4.78 is 8.17. The first-order valence-electron chi connectivity index (χ1n) is 9.03. The Labute approximate surface area is 149 Å². The van der Waals surface area contributed by atoms with Crippen molar-refractivity contribution in [3.8, 4) is 5.75 Å². The van der Waals surface area contributed by atoms with E-state index in [2.05, 4.69) is 35.8 Å². The molecule has 1 heterocycles. The normalized spacial score (nSPS) is 11.1. The molecule has 0 aliphatic carbocycles. The number of nitrogens with zero attached hydrogens (tertiary/aromatic N) is 2. The predicted molar refractivity (Wildman–Crippen MR) is 101 cm³/mol. The lowest BCUT2D eigenvalue weighted by Gasteiger charge is -2.11. The van der Waals surface area contributed by atoms with E-state index in [1.165, 1.54) is 11.1 Å². The Hall–Kier alpha value is -2.33. The van der Waals surface area contributed by atoms with Crippen LogP contribution >= 0.6 is 0 Å². The number of aliphatic hydroxyl groups is 1. The number of hydrogen-bond acceptors (Lipinski definition) is 3. The zero-order valence-electron chi connectivity index (χ0n) is 14.8. The Morgan fingerprint density at radius 1 is 1.00 bits per heavy atom. The van der Waals surface area contributed by atoms with Gasteiger partial charge in [-0.05, 0) is 49.9 Å². The van der Waals surface area contributed by atoms with Gasteiger partial charge in [0.2, 0.25) is 0 Å². The Morgan fingerprint density at radius 2 is 1.80 bits per heavy atom. The summed E-state index contributed by atoms with van der Waals surface area (Å²) in [5, 5.41) is 9.12. The number of hydrogen-bond donors (Lipinski definition) is 1. The summed E-state index contributed by atoms with van der Waals surface area (Å²) in [6.45, 7) is 3.93. The largest absolute Gasteiger partial charge is 0.493 e. The van der Waals surface area contributed by atoms with E-state index >= 15 is 0 Å². The third-order valence-corrected chi connectivity index (χ3v) is 4.42. The maximum Gasteiger partial charge on any atom is 0.122 e. The summed E-state index contributed by atoms with van der Waals surface area (Å²) in [6, 6.07) is 16.4. The zero-order chi connectivity index (χ0) is 17.5. The van der Waals surface area contributed by atoms with Crippen molar-refractivity contribution in [2.24, 2.45) is 0 Å². The van der Waals surface area contributed by atoms with Crippen molar-refractivity contribution in [3.05, 3.63) is 59.9 Å². The third-order valence-electron chi connectivity index (χ3n) is 4.42. The van der Waals surface area contributed by atoms with Crippen LogP contribution in [0.2, 0.25) is 0 Å². The number of imidazole rings is 1. The van der Waals surface area contributed by atoms with Crippen LogP contribution in [0.3, 0.4) is 0 Å². The van der Waals surface area contributed by atoms with Gasteiger partial charge in [-0.3, -0.25) is 0 Å². The molecular weight excluding hydrogens is 312 g/mol. The smallest absolute Gasteiger partial charge is 0.122 e. The molecule has 0 aliphatic rings. The van der Waals surface area contributed by atoms with Crippen molar-refractivity contribution in [2.45, 2.75) is 39.2 Å². The van der Waals surface area contributed by atoms with E-state index in [0.717, 1.165) is 55.9 Å². The molecular formula is C21H26N2O2. The third kappa shape index (κ3) is 4.40. The molecule has 3 rings (SSSR count). The first-order chi connectivity index (χ1) is 12.3. The predicted octanol–water partition coefficient (Wildman–Crippen LogP) is 4.13. The second-order valence-electron chi connectivity index (χ2n) is 6.32. The first kappa shape index (κ1) is 17.5. The molecule has 0 atom stereocenters. The minimum absolute atomic E-state index is 0.202. The van der Waals surface area contributed by atoms with Crippen molar-refractivity contribution in [1.29, 1.82) is 0 Å². The fraction of sp³-hybridized carbons (Fsp3) is 0.381. The quantitative estimate of drug-likeness (QED) is 0.597. The molecule has 0 amide bonds. The van der Waals surface area contributed by atoms with Crippen molar-refractivity contribution in [2.75, 3.05) is 13.2 Å². The highest BCUT2D eigenvalue weighted by Crippen LogP contribution is 2.19. The molecule has 0 aliphatic heterocycles. The molecule has 0 bridgehead atoms. The molecule has 0 radical (unpaired) electrons. The number of aliphatic hydroxyl groups excluding tert-OH is 1. The maximum absolute atomic E-state index is 9.12. The average Bonchev–Trinajstić information content (AvgIpc) is 2.99. The summed E-state index contributed by atoms with van der Waals surface area (Å²) in [6.07, 6.45) is 3.60. The number of aryl methyl sites for hydroxylation is 3. The first-order valence-corrected chi connectivity index (χ1v) is 9.03. The highest BCUT2D eigenvalue weighted by Gasteiger charge is 2.09. The van der Waals surface area contributed by atoms with E-state index in [1.54, 1.807) is 0 Å². The highest BCUT2D eigenvalue weighted by molar-refractivity contribution is 5.75. The summed E-state index contributed by atoms with van der Waals surface area (Å²) in [7, 11) is 0. The van der Waals surface area contributed by atoms with Gasteiger partial charge in [-0.25, -0.2) is 4.98 Å². The number of para-hydroxylation sites is 3. The lowest BCUT2D eigenvalue weighted by Crippen LogP contribution is -2.07. The SMILES string of the molecule is Cc1ccccc1OCCCCn1c(CCCO)nc2ccccc21. The molecule has 4 heteroatoms. The molecule has 25 heavy (non-hydrogen) atoms. The van der Waals surface area contributed by atoms with Crippen LogP contribution in [0.25, 0.3) is 11.0 Å². The van der Waals surface area contributed by atoms with Crippen LogP contribution in [0.4, 0.5) is 0 Å². The second kappa shape index (κ2) is 8.67.